The first kappa shape index (κ1) is 24.2. The maximum absolute atomic E-state index is 13.5. The van der Waals surface area contributed by atoms with Gasteiger partial charge in [-0.3, -0.25) is 14.5 Å². The van der Waals surface area contributed by atoms with Gasteiger partial charge in [0.25, 0.3) is 5.91 Å². The van der Waals surface area contributed by atoms with Crippen LogP contribution in [0.15, 0.2) is 84.9 Å². The van der Waals surface area contributed by atoms with Crippen LogP contribution in [0.25, 0.3) is 0 Å². The molecule has 0 bridgehead atoms. The summed E-state index contributed by atoms with van der Waals surface area (Å²) in [5.74, 6) is -0.0302. The van der Waals surface area contributed by atoms with Crippen LogP contribution < -0.4 is 10.6 Å². The lowest BCUT2D eigenvalue weighted by molar-refractivity contribution is -0.120. The summed E-state index contributed by atoms with van der Waals surface area (Å²) in [6.07, 6.45) is 1.82. The number of rotatable bonds is 6. The highest BCUT2D eigenvalue weighted by molar-refractivity contribution is 7.80. The Morgan fingerprint density at radius 1 is 0.778 bits per heavy atom. The van der Waals surface area contributed by atoms with E-state index in [1.807, 2.05) is 35.2 Å². The Labute approximate surface area is 217 Å². The average Bonchev–Trinajstić information content (AvgIpc) is 3.76. The van der Waals surface area contributed by atoms with E-state index >= 15 is 0 Å². The summed E-state index contributed by atoms with van der Waals surface area (Å²) in [6, 6.07) is 28.5. The third kappa shape index (κ3) is 5.64. The Kier molecular flexibility index (Phi) is 7.39. The van der Waals surface area contributed by atoms with Gasteiger partial charge in [-0.25, -0.2) is 0 Å². The lowest BCUT2D eigenvalue weighted by Gasteiger charge is -2.40. The van der Waals surface area contributed by atoms with Gasteiger partial charge in [0.2, 0.25) is 5.91 Å². The molecular formula is C29H30N4O2S. The molecule has 1 aliphatic heterocycles. The highest BCUT2D eigenvalue weighted by Gasteiger charge is 2.31. The van der Waals surface area contributed by atoms with Gasteiger partial charge in [0, 0.05) is 32.1 Å². The lowest BCUT2D eigenvalue weighted by atomic mass is 9.96. The third-order valence-electron chi connectivity index (χ3n) is 6.79. The molecule has 1 heterocycles. The van der Waals surface area contributed by atoms with E-state index in [1.54, 1.807) is 6.07 Å². The second kappa shape index (κ2) is 11.0. The normalized spacial score (nSPS) is 16.0. The number of anilines is 1. The minimum atomic E-state index is -0.0567. The predicted molar refractivity (Wildman–Crippen MR) is 146 cm³/mol. The lowest BCUT2D eigenvalue weighted by Crippen LogP contribution is -2.50. The summed E-state index contributed by atoms with van der Waals surface area (Å²) >= 11 is 5.32. The maximum atomic E-state index is 13.5. The molecule has 36 heavy (non-hydrogen) atoms. The van der Waals surface area contributed by atoms with Crippen molar-refractivity contribution in [2.24, 2.45) is 5.92 Å². The molecule has 184 valence electrons. The van der Waals surface area contributed by atoms with E-state index in [0.717, 1.165) is 25.9 Å². The van der Waals surface area contributed by atoms with Crippen molar-refractivity contribution in [2.75, 3.05) is 31.5 Å². The van der Waals surface area contributed by atoms with Crippen molar-refractivity contribution in [3.05, 3.63) is 102 Å². The number of para-hydroxylation sites is 1. The zero-order chi connectivity index (χ0) is 24.9. The molecule has 3 aromatic rings. The Bertz CT molecular complexity index is 1180. The second-order valence-electron chi connectivity index (χ2n) is 9.32. The first-order valence-corrected chi connectivity index (χ1v) is 12.8. The summed E-state index contributed by atoms with van der Waals surface area (Å²) in [5, 5.41) is 6.02. The molecule has 0 spiro atoms. The highest BCUT2D eigenvalue weighted by Crippen LogP contribution is 2.30. The van der Waals surface area contributed by atoms with E-state index in [2.05, 4.69) is 64.1 Å². The molecule has 0 unspecified atom stereocenters. The number of hydrogen-bond donors (Lipinski definition) is 2. The van der Waals surface area contributed by atoms with Crippen LogP contribution in [-0.4, -0.2) is 52.9 Å². The number of carbonyl (C=O) groups excluding carboxylic acids is 2. The third-order valence-corrected chi connectivity index (χ3v) is 6.99. The van der Waals surface area contributed by atoms with Crippen molar-refractivity contribution in [2.45, 2.75) is 18.9 Å². The molecule has 2 fully saturated rings. The quantitative estimate of drug-likeness (QED) is 0.492. The van der Waals surface area contributed by atoms with Crippen molar-refractivity contribution < 1.29 is 9.59 Å². The number of carbonyl (C=O) groups is 2. The van der Waals surface area contributed by atoms with Crippen molar-refractivity contribution in [1.82, 2.24) is 15.1 Å². The number of hydrogen-bond acceptors (Lipinski definition) is 4. The first-order chi connectivity index (χ1) is 17.6. The highest BCUT2D eigenvalue weighted by atomic mass is 32.1. The summed E-state index contributed by atoms with van der Waals surface area (Å²) in [5.41, 5.74) is 3.66. The van der Waals surface area contributed by atoms with Gasteiger partial charge < -0.3 is 15.5 Å². The van der Waals surface area contributed by atoms with E-state index in [9.17, 15) is 9.59 Å². The molecule has 1 saturated carbocycles. The largest absolute Gasteiger partial charge is 0.336 e. The minimum Gasteiger partial charge on any atom is -0.336 e. The van der Waals surface area contributed by atoms with Gasteiger partial charge in [-0.05, 0) is 48.3 Å². The molecule has 3 aromatic carbocycles. The van der Waals surface area contributed by atoms with Crippen molar-refractivity contribution >= 4 is 34.8 Å². The van der Waals surface area contributed by atoms with Gasteiger partial charge in [0.1, 0.15) is 0 Å². The van der Waals surface area contributed by atoms with Crippen LogP contribution in [0.1, 0.15) is 40.4 Å². The molecule has 1 aliphatic carbocycles. The van der Waals surface area contributed by atoms with E-state index in [1.165, 1.54) is 11.1 Å². The molecule has 2 amide bonds. The van der Waals surface area contributed by atoms with Crippen LogP contribution in [0.4, 0.5) is 5.69 Å². The molecular weight excluding hydrogens is 468 g/mol. The van der Waals surface area contributed by atoms with Gasteiger partial charge >= 0.3 is 0 Å². The number of benzene rings is 3. The smallest absolute Gasteiger partial charge is 0.256 e. The topological polar surface area (TPSA) is 64.7 Å². The Morgan fingerprint density at radius 3 is 1.92 bits per heavy atom. The zero-order valence-electron chi connectivity index (χ0n) is 20.1. The SMILES string of the molecule is O=C(NC(=S)Nc1ccccc1C(=O)N1CCN(C(c2ccccc2)c2ccccc2)CC1)C1CC1. The van der Waals surface area contributed by atoms with Crippen LogP contribution in [0.3, 0.4) is 0 Å². The monoisotopic (exact) mass is 498 g/mol. The van der Waals surface area contributed by atoms with Gasteiger partial charge in [-0.2, -0.15) is 0 Å². The summed E-state index contributed by atoms with van der Waals surface area (Å²) in [4.78, 5) is 29.9. The Hall–Kier alpha value is -3.55. The number of nitrogens with zero attached hydrogens (tertiary/aromatic N) is 2. The fourth-order valence-electron chi connectivity index (χ4n) is 4.73. The van der Waals surface area contributed by atoms with E-state index in [4.69, 9.17) is 12.2 Å². The van der Waals surface area contributed by atoms with Gasteiger partial charge in [0.05, 0.1) is 17.3 Å². The minimum absolute atomic E-state index is 0.0370. The molecule has 2 aliphatic rings. The molecule has 7 heteroatoms. The van der Waals surface area contributed by atoms with E-state index in [0.29, 0.717) is 24.3 Å². The van der Waals surface area contributed by atoms with Crippen LogP contribution in [0.2, 0.25) is 0 Å². The van der Waals surface area contributed by atoms with Crippen molar-refractivity contribution in [1.29, 1.82) is 0 Å². The second-order valence-corrected chi connectivity index (χ2v) is 9.72. The molecule has 5 rings (SSSR count). The summed E-state index contributed by atoms with van der Waals surface area (Å²) in [6.45, 7) is 2.80. The van der Waals surface area contributed by atoms with Crippen LogP contribution in [0, 0.1) is 5.92 Å². The number of amides is 2. The number of piperazine rings is 1. The van der Waals surface area contributed by atoms with Gasteiger partial charge in [0.15, 0.2) is 5.11 Å². The molecule has 6 nitrogen and oxygen atoms in total. The van der Waals surface area contributed by atoms with Crippen LogP contribution in [-0.2, 0) is 4.79 Å². The molecule has 1 saturated heterocycles. The van der Waals surface area contributed by atoms with Gasteiger partial charge in [-0.1, -0.05) is 72.8 Å². The van der Waals surface area contributed by atoms with E-state index in [-0.39, 0.29) is 28.9 Å². The van der Waals surface area contributed by atoms with Crippen molar-refractivity contribution in [3.63, 3.8) is 0 Å². The number of nitrogens with one attached hydrogen (secondary N) is 2. The molecule has 0 aromatic heterocycles. The van der Waals surface area contributed by atoms with Crippen LogP contribution in [0.5, 0.6) is 0 Å². The predicted octanol–water partition coefficient (Wildman–Crippen LogP) is 4.46. The molecule has 0 atom stereocenters. The Morgan fingerprint density at radius 2 is 1.33 bits per heavy atom. The standard InChI is InChI=1S/C29H30N4O2S/c34-27(23-15-16-23)31-29(36)30-25-14-8-7-13-24(25)28(35)33-19-17-32(18-20-33)26(21-9-3-1-4-10-21)22-11-5-2-6-12-22/h1-14,23,26H,15-20H2,(H2,30,31,34,36). The fraction of sp³-hybridized carbons (Fsp3) is 0.276. The molecule has 2 N–H and O–H groups in total. The average molecular weight is 499 g/mol. The van der Waals surface area contributed by atoms with E-state index < -0.39 is 0 Å². The Balaban J connectivity index is 1.26. The van der Waals surface area contributed by atoms with Gasteiger partial charge in [-0.15, -0.1) is 0 Å². The molecule has 0 radical (unpaired) electrons. The number of thiocarbonyl (C=S) groups is 1. The van der Waals surface area contributed by atoms with Crippen LogP contribution >= 0.6 is 12.2 Å². The summed E-state index contributed by atoms with van der Waals surface area (Å²) in [7, 11) is 0. The first-order valence-electron chi connectivity index (χ1n) is 12.4. The zero-order valence-corrected chi connectivity index (χ0v) is 20.9. The maximum Gasteiger partial charge on any atom is 0.256 e. The summed E-state index contributed by atoms with van der Waals surface area (Å²) < 4.78 is 0. The van der Waals surface area contributed by atoms with Crippen molar-refractivity contribution in [3.8, 4) is 0 Å². The fourth-order valence-corrected chi connectivity index (χ4v) is 4.94.